The van der Waals surface area contributed by atoms with Crippen molar-refractivity contribution >= 4 is 61.4 Å². The van der Waals surface area contributed by atoms with Gasteiger partial charge >= 0.3 is 0 Å². The van der Waals surface area contributed by atoms with Crippen LogP contribution in [0.3, 0.4) is 0 Å². The molecule has 0 aliphatic carbocycles. The lowest BCUT2D eigenvalue weighted by Crippen LogP contribution is -2.36. The largest absolute Gasteiger partial charge is 0.456 e. The Morgan fingerprint density at radius 2 is 0.971 bits per heavy atom. The molecule has 4 heteroatoms. The molecule has 12 aromatic rings. The molecule has 0 saturated heterocycles. The molecule has 0 N–H and O–H groups in total. The van der Waals surface area contributed by atoms with Crippen molar-refractivity contribution < 1.29 is 4.74 Å². The van der Waals surface area contributed by atoms with E-state index in [1.807, 2.05) is 11.8 Å². The zero-order valence-corrected chi connectivity index (χ0v) is 38.3. The van der Waals surface area contributed by atoms with E-state index >= 15 is 0 Å². The fraction of sp³-hybridized carbons (Fsp3) is 0.0154. The van der Waals surface area contributed by atoms with Gasteiger partial charge in [-0.25, -0.2) is 0 Å². The monoisotopic (exact) mass is 898 g/mol. The van der Waals surface area contributed by atoms with Gasteiger partial charge < -0.3 is 14.2 Å². The van der Waals surface area contributed by atoms with Crippen LogP contribution in [0, 0.1) is 0 Å². The normalized spacial score (nSPS) is 13.1. The first-order valence-electron chi connectivity index (χ1n) is 23.6. The first-order chi connectivity index (χ1) is 34.2. The molecule has 2 aliphatic rings. The fourth-order valence-corrected chi connectivity index (χ4v) is 12.6. The van der Waals surface area contributed by atoms with Gasteiger partial charge in [0.2, 0.25) is 0 Å². The highest BCUT2D eigenvalue weighted by Crippen LogP contribution is 2.63. The zero-order chi connectivity index (χ0) is 45.5. The minimum absolute atomic E-state index is 0.574. The highest BCUT2D eigenvalue weighted by atomic mass is 32.2. The van der Waals surface area contributed by atoms with Crippen LogP contribution in [0.1, 0.15) is 22.3 Å². The SMILES string of the molecule is c1ccc(N(c2ccc(-c3cccc4c3c3ccccc3n4-c3ccccc3)cc2)c2ccc3cccc(-c4cccc5c4Oc4ccccc4C54c5ccccc5Sc5ccccc54)c3c2)cc1. The molecular weight excluding hydrogens is 857 g/mol. The van der Waals surface area contributed by atoms with Crippen LogP contribution in [0.25, 0.3) is 60.5 Å². The van der Waals surface area contributed by atoms with E-state index in [0.717, 1.165) is 67.3 Å². The maximum absolute atomic E-state index is 7.19. The highest BCUT2D eigenvalue weighted by molar-refractivity contribution is 7.99. The number of hydrogen-bond acceptors (Lipinski definition) is 3. The lowest BCUT2D eigenvalue weighted by molar-refractivity contribution is 0.433. The third-order valence-corrected chi connectivity index (χ3v) is 15.5. The van der Waals surface area contributed by atoms with Gasteiger partial charge in [-0.05, 0) is 117 Å². The van der Waals surface area contributed by atoms with E-state index in [9.17, 15) is 0 Å². The first kappa shape index (κ1) is 39.6. The average Bonchev–Trinajstić information content (AvgIpc) is 3.76. The molecule has 0 saturated carbocycles. The minimum Gasteiger partial charge on any atom is -0.456 e. The molecule has 0 atom stereocenters. The van der Waals surface area contributed by atoms with Gasteiger partial charge in [-0.15, -0.1) is 0 Å². The van der Waals surface area contributed by atoms with Crippen LogP contribution in [0.4, 0.5) is 17.1 Å². The molecule has 3 nitrogen and oxygen atoms in total. The zero-order valence-electron chi connectivity index (χ0n) is 37.5. The van der Waals surface area contributed by atoms with Crippen LogP contribution in [-0.4, -0.2) is 4.57 Å². The van der Waals surface area contributed by atoms with Crippen molar-refractivity contribution in [3.63, 3.8) is 0 Å². The van der Waals surface area contributed by atoms with E-state index in [1.165, 1.54) is 53.9 Å². The van der Waals surface area contributed by atoms with E-state index in [0.29, 0.717) is 0 Å². The summed E-state index contributed by atoms with van der Waals surface area (Å²) < 4.78 is 9.57. The molecule has 14 rings (SSSR count). The molecule has 0 radical (unpaired) electrons. The summed E-state index contributed by atoms with van der Waals surface area (Å²) in [7, 11) is 0. The van der Waals surface area contributed by atoms with Crippen LogP contribution in [0.5, 0.6) is 11.5 Å². The summed E-state index contributed by atoms with van der Waals surface area (Å²) in [6.45, 7) is 0. The minimum atomic E-state index is -0.574. The molecule has 324 valence electrons. The molecule has 1 aromatic heterocycles. The predicted octanol–water partition coefficient (Wildman–Crippen LogP) is 17.7. The van der Waals surface area contributed by atoms with Crippen molar-refractivity contribution in [1.82, 2.24) is 4.57 Å². The van der Waals surface area contributed by atoms with Crippen LogP contribution in [0.2, 0.25) is 0 Å². The number of anilines is 3. The van der Waals surface area contributed by atoms with Gasteiger partial charge in [0.25, 0.3) is 0 Å². The Balaban J connectivity index is 0.923. The van der Waals surface area contributed by atoms with Crippen molar-refractivity contribution in [2.45, 2.75) is 15.2 Å². The van der Waals surface area contributed by atoms with Crippen LogP contribution < -0.4 is 9.64 Å². The highest BCUT2D eigenvalue weighted by Gasteiger charge is 2.50. The number of aromatic nitrogens is 1. The van der Waals surface area contributed by atoms with Gasteiger partial charge in [0.15, 0.2) is 0 Å². The van der Waals surface area contributed by atoms with Crippen LogP contribution >= 0.6 is 11.8 Å². The van der Waals surface area contributed by atoms with Gasteiger partial charge in [-0.2, -0.15) is 0 Å². The summed E-state index contributed by atoms with van der Waals surface area (Å²) in [6, 6.07) is 92.7. The molecule has 0 fully saturated rings. The predicted molar refractivity (Wildman–Crippen MR) is 286 cm³/mol. The second-order valence-corrected chi connectivity index (χ2v) is 19.0. The maximum Gasteiger partial charge on any atom is 0.140 e. The lowest BCUT2D eigenvalue weighted by Gasteiger charge is -2.45. The third kappa shape index (κ3) is 6.02. The molecular formula is C65H42N2OS. The number of rotatable bonds is 6. The maximum atomic E-state index is 7.19. The Morgan fingerprint density at radius 1 is 0.391 bits per heavy atom. The number of fused-ring (bicyclic) bond motifs is 12. The van der Waals surface area contributed by atoms with Crippen molar-refractivity contribution in [2.75, 3.05) is 4.90 Å². The molecule has 69 heavy (non-hydrogen) atoms. The van der Waals surface area contributed by atoms with Crippen LogP contribution in [-0.2, 0) is 5.41 Å². The third-order valence-electron chi connectivity index (χ3n) is 14.3. The fourth-order valence-electron chi connectivity index (χ4n) is 11.4. The standard InChI is InChI=1S/C65H42N2OS/c1-3-19-45(20-4-1)66(47-39-36-44(37-40-47)49-24-17-32-59-63(49)52-23-7-11-31-58(52)67(59)46-21-5-2-6-22-46)48-41-38-43-18-15-25-50(53(43)42-48)51-26-16-30-57-64(51)68-60-33-12-8-27-54(60)65(57)55-28-9-13-34-61(55)69-62-35-14-10-29-56(62)65/h1-42H. The molecule has 0 bridgehead atoms. The number of ether oxygens (including phenoxy) is 1. The van der Waals surface area contributed by atoms with Crippen LogP contribution in [0.15, 0.2) is 265 Å². The second-order valence-electron chi connectivity index (χ2n) is 17.9. The molecule has 0 unspecified atom stereocenters. The van der Waals surface area contributed by atoms with Crippen molar-refractivity contribution in [2.24, 2.45) is 0 Å². The Kier molecular flexibility index (Phi) is 9.05. The van der Waals surface area contributed by atoms with Gasteiger partial charge in [-0.3, -0.25) is 0 Å². The Bertz CT molecular complexity index is 3910. The Labute approximate surface area is 405 Å². The van der Waals surface area contributed by atoms with Crippen molar-refractivity contribution in [1.29, 1.82) is 0 Å². The summed E-state index contributed by atoms with van der Waals surface area (Å²) in [5, 5.41) is 4.81. The van der Waals surface area contributed by atoms with Gasteiger partial charge in [0, 0.05) is 60.0 Å². The van der Waals surface area contributed by atoms with Gasteiger partial charge in [-0.1, -0.05) is 188 Å². The molecule has 1 spiro atoms. The van der Waals surface area contributed by atoms with E-state index in [-0.39, 0.29) is 0 Å². The Hall–Kier alpha value is -8.57. The number of hydrogen-bond donors (Lipinski definition) is 0. The molecule has 3 heterocycles. The molecule has 2 aliphatic heterocycles. The second kappa shape index (κ2) is 15.8. The van der Waals surface area contributed by atoms with Gasteiger partial charge in [0.1, 0.15) is 11.5 Å². The summed E-state index contributed by atoms with van der Waals surface area (Å²) in [5.41, 5.74) is 15.7. The lowest BCUT2D eigenvalue weighted by atomic mass is 9.63. The average molecular weight is 899 g/mol. The topological polar surface area (TPSA) is 17.4 Å². The number of nitrogens with zero attached hydrogens (tertiary/aromatic N) is 2. The smallest absolute Gasteiger partial charge is 0.140 e. The molecule has 0 amide bonds. The van der Waals surface area contributed by atoms with Crippen molar-refractivity contribution in [3.8, 4) is 39.4 Å². The summed E-state index contributed by atoms with van der Waals surface area (Å²) in [6.07, 6.45) is 0. The van der Waals surface area contributed by atoms with E-state index in [2.05, 4.69) is 264 Å². The number of benzene rings is 11. The number of para-hydroxylation sites is 5. The summed E-state index contributed by atoms with van der Waals surface area (Å²) in [5.74, 6) is 1.77. The van der Waals surface area contributed by atoms with E-state index in [4.69, 9.17) is 4.74 Å². The van der Waals surface area contributed by atoms with Crippen molar-refractivity contribution in [3.05, 3.63) is 277 Å². The summed E-state index contributed by atoms with van der Waals surface area (Å²) in [4.78, 5) is 4.90. The first-order valence-corrected chi connectivity index (χ1v) is 24.4. The van der Waals surface area contributed by atoms with E-state index in [1.54, 1.807) is 0 Å². The Morgan fingerprint density at radius 3 is 1.77 bits per heavy atom. The van der Waals surface area contributed by atoms with Gasteiger partial charge in [0.05, 0.1) is 16.4 Å². The van der Waals surface area contributed by atoms with E-state index < -0.39 is 5.41 Å². The summed E-state index contributed by atoms with van der Waals surface area (Å²) >= 11 is 1.86. The quantitative estimate of drug-likeness (QED) is 0.166. The molecule has 11 aromatic carbocycles.